The lowest BCUT2D eigenvalue weighted by atomic mass is 10.1. The number of fused-ring (bicyclic) bond motifs is 1. The van der Waals surface area contributed by atoms with Crippen molar-refractivity contribution >= 4 is 16.8 Å². The summed E-state index contributed by atoms with van der Waals surface area (Å²) in [5, 5.41) is 8.35. The minimum atomic E-state index is -0.243. The van der Waals surface area contributed by atoms with E-state index in [2.05, 4.69) is 15.4 Å². The second kappa shape index (κ2) is 9.38. The molecule has 0 saturated carbocycles. The zero-order chi connectivity index (χ0) is 22.5. The van der Waals surface area contributed by atoms with Crippen LogP contribution in [0.2, 0.25) is 0 Å². The van der Waals surface area contributed by atoms with Crippen molar-refractivity contribution in [3.8, 4) is 28.5 Å². The van der Waals surface area contributed by atoms with Crippen LogP contribution in [0.5, 0.6) is 17.2 Å². The molecule has 0 saturated heterocycles. The van der Waals surface area contributed by atoms with E-state index in [4.69, 9.17) is 14.2 Å². The lowest BCUT2D eigenvalue weighted by molar-refractivity contribution is 0.0937. The van der Waals surface area contributed by atoms with Gasteiger partial charge in [-0.1, -0.05) is 18.2 Å². The van der Waals surface area contributed by atoms with E-state index in [1.165, 1.54) is 0 Å². The van der Waals surface area contributed by atoms with Crippen LogP contribution < -0.4 is 19.5 Å². The second-order valence-electron chi connectivity index (χ2n) is 7.04. The number of hydrogen-bond acceptors (Lipinski definition) is 6. The molecule has 0 fully saturated rings. The van der Waals surface area contributed by atoms with Crippen molar-refractivity contribution in [2.75, 3.05) is 27.4 Å². The van der Waals surface area contributed by atoms with Crippen LogP contribution in [0.25, 0.3) is 22.2 Å². The zero-order valence-electron chi connectivity index (χ0n) is 18.2. The van der Waals surface area contributed by atoms with Gasteiger partial charge in [-0.05, 0) is 36.4 Å². The van der Waals surface area contributed by atoms with Crippen molar-refractivity contribution in [2.45, 2.75) is 0 Å². The highest BCUT2D eigenvalue weighted by Gasteiger charge is 2.17. The molecule has 32 heavy (non-hydrogen) atoms. The Morgan fingerprint density at radius 1 is 1.03 bits per heavy atom. The molecule has 4 aromatic rings. The predicted molar refractivity (Wildman–Crippen MR) is 121 cm³/mol. The van der Waals surface area contributed by atoms with Crippen molar-refractivity contribution in [1.82, 2.24) is 20.1 Å². The molecule has 0 bridgehead atoms. The minimum Gasteiger partial charge on any atom is -0.497 e. The average molecular weight is 432 g/mol. The molecule has 8 heteroatoms. The van der Waals surface area contributed by atoms with Gasteiger partial charge in [-0.2, -0.15) is 5.10 Å². The monoisotopic (exact) mass is 432 g/mol. The number of aromatic nitrogens is 3. The highest BCUT2D eigenvalue weighted by atomic mass is 16.5. The molecule has 4 rings (SSSR count). The first-order valence-corrected chi connectivity index (χ1v) is 10.1. The van der Waals surface area contributed by atoms with Gasteiger partial charge < -0.3 is 19.5 Å². The number of methoxy groups -OCH3 is 2. The van der Waals surface area contributed by atoms with Crippen LogP contribution in [0.4, 0.5) is 0 Å². The number of para-hydroxylation sites is 1. The summed E-state index contributed by atoms with van der Waals surface area (Å²) >= 11 is 0. The Morgan fingerprint density at radius 2 is 1.88 bits per heavy atom. The maximum Gasteiger partial charge on any atom is 0.269 e. The number of benzene rings is 2. The fourth-order valence-corrected chi connectivity index (χ4v) is 3.43. The fraction of sp³-hybridized carbons (Fsp3) is 0.208. The van der Waals surface area contributed by atoms with Gasteiger partial charge in [0.15, 0.2) is 0 Å². The second-order valence-corrected chi connectivity index (χ2v) is 7.04. The molecule has 0 radical (unpaired) electrons. The van der Waals surface area contributed by atoms with Gasteiger partial charge in [0.05, 0.1) is 26.5 Å². The highest BCUT2D eigenvalue weighted by molar-refractivity contribution is 5.94. The first-order valence-electron chi connectivity index (χ1n) is 10.1. The van der Waals surface area contributed by atoms with Crippen molar-refractivity contribution in [3.05, 3.63) is 66.5 Å². The number of hydrogen-bond donors (Lipinski definition) is 1. The first-order chi connectivity index (χ1) is 15.6. The Kier molecular flexibility index (Phi) is 6.21. The molecule has 164 valence electrons. The van der Waals surface area contributed by atoms with Crippen molar-refractivity contribution in [2.24, 2.45) is 7.05 Å². The number of carbonyl (C=O) groups is 1. The van der Waals surface area contributed by atoms with Crippen molar-refractivity contribution < 1.29 is 19.0 Å². The number of aryl methyl sites for hydroxylation is 1. The molecule has 2 aromatic carbocycles. The quantitative estimate of drug-likeness (QED) is 0.429. The van der Waals surface area contributed by atoms with E-state index in [0.717, 1.165) is 16.5 Å². The third kappa shape index (κ3) is 4.34. The third-order valence-electron chi connectivity index (χ3n) is 5.04. The van der Waals surface area contributed by atoms with Gasteiger partial charge >= 0.3 is 0 Å². The first kappa shape index (κ1) is 21.2. The molecule has 0 aliphatic heterocycles. The lowest BCUT2D eigenvalue weighted by Crippen LogP contribution is -2.29. The van der Waals surface area contributed by atoms with E-state index in [1.54, 1.807) is 38.2 Å². The van der Waals surface area contributed by atoms with Crippen LogP contribution in [0.1, 0.15) is 10.5 Å². The maximum atomic E-state index is 12.7. The molecule has 0 unspecified atom stereocenters. The largest absolute Gasteiger partial charge is 0.497 e. The smallest absolute Gasteiger partial charge is 0.269 e. The summed E-state index contributed by atoms with van der Waals surface area (Å²) in [5.74, 6) is 1.77. The summed E-state index contributed by atoms with van der Waals surface area (Å²) in [6, 6.07) is 16.8. The van der Waals surface area contributed by atoms with E-state index in [0.29, 0.717) is 41.8 Å². The third-order valence-corrected chi connectivity index (χ3v) is 5.04. The molecule has 8 nitrogen and oxygen atoms in total. The average Bonchev–Trinajstić information content (AvgIpc) is 3.22. The summed E-state index contributed by atoms with van der Waals surface area (Å²) in [4.78, 5) is 17.1. The number of nitrogens with zero attached hydrogens (tertiary/aromatic N) is 3. The maximum absolute atomic E-state index is 12.7. The van der Waals surface area contributed by atoms with Gasteiger partial charge in [0.1, 0.15) is 35.1 Å². The molecule has 2 heterocycles. The van der Waals surface area contributed by atoms with Crippen LogP contribution in [0.3, 0.4) is 0 Å². The predicted octanol–water partition coefficient (Wildman–Crippen LogP) is 3.46. The molecule has 0 spiro atoms. The normalized spacial score (nSPS) is 10.7. The molecule has 0 atom stereocenters. The van der Waals surface area contributed by atoms with Gasteiger partial charge in [-0.15, -0.1) is 0 Å². The van der Waals surface area contributed by atoms with Crippen LogP contribution >= 0.6 is 0 Å². The Labute approximate surface area is 185 Å². The number of pyridine rings is 1. The summed E-state index contributed by atoms with van der Waals surface area (Å²) in [6.45, 7) is 0.654. The minimum absolute atomic E-state index is 0.243. The fourth-order valence-electron chi connectivity index (χ4n) is 3.43. The van der Waals surface area contributed by atoms with Gasteiger partial charge in [0.2, 0.25) is 0 Å². The number of ether oxygens (including phenoxy) is 3. The summed E-state index contributed by atoms with van der Waals surface area (Å²) in [6.07, 6.45) is 1.73. The van der Waals surface area contributed by atoms with E-state index >= 15 is 0 Å². The summed E-state index contributed by atoms with van der Waals surface area (Å²) in [7, 11) is 4.91. The van der Waals surface area contributed by atoms with E-state index in [1.807, 2.05) is 48.5 Å². The number of carbonyl (C=O) groups excluding carboxylic acids is 1. The van der Waals surface area contributed by atoms with Crippen molar-refractivity contribution in [1.29, 1.82) is 0 Å². The molecule has 0 aliphatic carbocycles. The van der Waals surface area contributed by atoms with E-state index in [-0.39, 0.29) is 5.91 Å². The number of amides is 1. The Morgan fingerprint density at radius 3 is 2.69 bits per heavy atom. The number of rotatable bonds is 8. The van der Waals surface area contributed by atoms with Gasteiger partial charge in [0.25, 0.3) is 5.91 Å². The van der Waals surface area contributed by atoms with Gasteiger partial charge in [0, 0.05) is 24.2 Å². The van der Waals surface area contributed by atoms with E-state index < -0.39 is 0 Å². The SMILES string of the molecule is COc1ccc(OC)c(-c2cc(C(=O)NCCOc3cccc4cccnc34)n(C)n2)c1. The Hall–Kier alpha value is -4.07. The molecule has 1 N–H and O–H groups in total. The van der Waals surface area contributed by atoms with Gasteiger partial charge in [-0.25, -0.2) is 0 Å². The van der Waals surface area contributed by atoms with Crippen LogP contribution in [0.15, 0.2) is 60.8 Å². The Bertz CT molecular complexity index is 1250. The molecular weight excluding hydrogens is 408 g/mol. The standard InChI is InChI=1S/C24H24N4O4/c1-28-20(15-19(27-28)18-14-17(30-2)9-10-21(18)31-3)24(29)26-12-13-32-22-8-4-6-16-7-5-11-25-23(16)22/h4-11,14-15H,12-13H2,1-3H3,(H,26,29). The van der Waals surface area contributed by atoms with E-state index in [9.17, 15) is 4.79 Å². The molecule has 0 aliphatic rings. The highest BCUT2D eigenvalue weighted by Crippen LogP contribution is 2.33. The lowest BCUT2D eigenvalue weighted by Gasteiger charge is -2.09. The summed E-state index contributed by atoms with van der Waals surface area (Å²) in [5.41, 5.74) is 2.58. The van der Waals surface area contributed by atoms with Crippen LogP contribution in [-0.4, -0.2) is 48.0 Å². The number of nitrogens with one attached hydrogen (secondary N) is 1. The molecule has 1 amide bonds. The molecule has 2 aromatic heterocycles. The zero-order valence-corrected chi connectivity index (χ0v) is 18.2. The van der Waals surface area contributed by atoms with Crippen LogP contribution in [0, 0.1) is 0 Å². The Balaban J connectivity index is 1.42. The van der Waals surface area contributed by atoms with Gasteiger partial charge in [-0.3, -0.25) is 14.5 Å². The topological polar surface area (TPSA) is 87.5 Å². The van der Waals surface area contributed by atoms with Crippen LogP contribution in [-0.2, 0) is 7.05 Å². The van der Waals surface area contributed by atoms with Crippen molar-refractivity contribution in [3.63, 3.8) is 0 Å². The summed E-state index contributed by atoms with van der Waals surface area (Å²) < 4.78 is 18.1. The molecular formula is C24H24N4O4.